The van der Waals surface area contributed by atoms with Crippen molar-refractivity contribution in [3.8, 4) is 11.5 Å². The molecular weight excluding hydrogens is 432 g/mol. The number of benzene rings is 2. The second-order valence-corrected chi connectivity index (χ2v) is 9.05. The molecule has 2 aromatic rings. The van der Waals surface area contributed by atoms with E-state index in [9.17, 15) is 14.4 Å². The highest BCUT2D eigenvalue weighted by Gasteiger charge is 2.28. The quantitative estimate of drug-likeness (QED) is 0.466. The number of likely N-dealkylation sites (tertiary alicyclic amines) is 1. The lowest BCUT2D eigenvalue weighted by Gasteiger charge is -2.33. The summed E-state index contributed by atoms with van der Waals surface area (Å²) >= 11 is 0. The van der Waals surface area contributed by atoms with Gasteiger partial charge in [-0.25, -0.2) is 0 Å². The average molecular weight is 467 g/mol. The van der Waals surface area contributed by atoms with E-state index in [1.54, 1.807) is 31.2 Å². The first-order chi connectivity index (χ1) is 16.2. The summed E-state index contributed by atoms with van der Waals surface area (Å²) in [5.74, 6) is 1.06. The smallest absolute Gasteiger partial charge is 0.308 e. The lowest BCUT2D eigenvalue weighted by Crippen LogP contribution is -2.46. The molecule has 1 heterocycles. The molecule has 0 aromatic heterocycles. The van der Waals surface area contributed by atoms with Crippen molar-refractivity contribution >= 4 is 17.8 Å². The zero-order chi connectivity index (χ0) is 24.7. The molecule has 1 aliphatic heterocycles. The zero-order valence-corrected chi connectivity index (χ0v) is 20.4. The van der Waals surface area contributed by atoms with Crippen molar-refractivity contribution in [1.82, 2.24) is 10.2 Å². The molecule has 1 saturated heterocycles. The zero-order valence-electron chi connectivity index (χ0n) is 20.4. The van der Waals surface area contributed by atoms with E-state index >= 15 is 0 Å². The number of rotatable bonds is 8. The molecule has 7 heteroatoms. The maximum Gasteiger partial charge on any atom is 0.308 e. The van der Waals surface area contributed by atoms with Crippen LogP contribution in [0.3, 0.4) is 0 Å². The Morgan fingerprint density at radius 2 is 1.74 bits per heavy atom. The third-order valence-electron chi connectivity index (χ3n) is 6.03. The van der Waals surface area contributed by atoms with E-state index < -0.39 is 12.1 Å². The van der Waals surface area contributed by atoms with E-state index in [0.717, 1.165) is 24.2 Å². The van der Waals surface area contributed by atoms with Gasteiger partial charge >= 0.3 is 5.97 Å². The van der Waals surface area contributed by atoms with Gasteiger partial charge in [0.05, 0.1) is 0 Å². The SMILES string of the molecule is CC(=O)Oc1cccc(C(=O)NCC2CCN(C(=O)C(C)Oc3ccccc3C(C)C)CC2)c1. The van der Waals surface area contributed by atoms with Crippen molar-refractivity contribution in [1.29, 1.82) is 0 Å². The molecule has 3 rings (SSSR count). The maximum absolute atomic E-state index is 12.9. The van der Waals surface area contributed by atoms with Crippen molar-refractivity contribution in [2.24, 2.45) is 5.92 Å². The van der Waals surface area contributed by atoms with Gasteiger partial charge in [-0.1, -0.05) is 38.1 Å². The van der Waals surface area contributed by atoms with Crippen LogP contribution in [0.4, 0.5) is 0 Å². The first-order valence-electron chi connectivity index (χ1n) is 11.9. The first-order valence-corrected chi connectivity index (χ1v) is 11.9. The lowest BCUT2D eigenvalue weighted by molar-refractivity contribution is -0.139. The Morgan fingerprint density at radius 1 is 1.03 bits per heavy atom. The Balaban J connectivity index is 1.46. The van der Waals surface area contributed by atoms with Crippen molar-refractivity contribution in [2.45, 2.75) is 52.6 Å². The molecule has 2 aromatic carbocycles. The molecule has 34 heavy (non-hydrogen) atoms. The van der Waals surface area contributed by atoms with Gasteiger partial charge in [-0.15, -0.1) is 0 Å². The number of amides is 2. The predicted octanol–water partition coefficient (Wildman–Crippen LogP) is 4.17. The molecule has 1 unspecified atom stereocenters. The summed E-state index contributed by atoms with van der Waals surface area (Å²) in [6.45, 7) is 9.15. The summed E-state index contributed by atoms with van der Waals surface area (Å²) in [6, 6.07) is 14.4. The number of piperidine rings is 1. The largest absolute Gasteiger partial charge is 0.481 e. The van der Waals surface area contributed by atoms with E-state index in [2.05, 4.69) is 19.2 Å². The number of nitrogens with one attached hydrogen (secondary N) is 1. The van der Waals surface area contributed by atoms with Gasteiger partial charge < -0.3 is 19.7 Å². The van der Waals surface area contributed by atoms with Crippen LogP contribution in [0.5, 0.6) is 11.5 Å². The molecule has 0 spiro atoms. The standard InChI is InChI=1S/C27H34N2O5/c1-18(2)24-10-5-6-11-25(24)33-19(3)27(32)29-14-12-21(13-15-29)17-28-26(31)22-8-7-9-23(16-22)34-20(4)30/h5-11,16,18-19,21H,12-15,17H2,1-4H3,(H,28,31). The van der Waals surface area contributed by atoms with Crippen molar-refractivity contribution in [3.63, 3.8) is 0 Å². The number of esters is 1. The van der Waals surface area contributed by atoms with Gasteiger partial charge in [-0.3, -0.25) is 14.4 Å². The molecule has 2 amide bonds. The van der Waals surface area contributed by atoms with Gasteiger partial charge in [0.25, 0.3) is 11.8 Å². The summed E-state index contributed by atoms with van der Waals surface area (Å²) in [5.41, 5.74) is 1.54. The van der Waals surface area contributed by atoms with E-state index in [4.69, 9.17) is 9.47 Å². The summed E-state index contributed by atoms with van der Waals surface area (Å²) in [4.78, 5) is 38.4. The molecule has 0 radical (unpaired) electrons. The third kappa shape index (κ3) is 6.83. The normalized spacial score (nSPS) is 15.0. The van der Waals surface area contributed by atoms with Gasteiger partial charge in [0.1, 0.15) is 11.5 Å². The molecule has 0 bridgehead atoms. The van der Waals surface area contributed by atoms with Gasteiger partial charge in [0.2, 0.25) is 0 Å². The molecule has 0 aliphatic carbocycles. The predicted molar refractivity (Wildman–Crippen MR) is 130 cm³/mol. The molecule has 7 nitrogen and oxygen atoms in total. The van der Waals surface area contributed by atoms with Crippen LogP contribution < -0.4 is 14.8 Å². The van der Waals surface area contributed by atoms with E-state index in [0.29, 0.717) is 42.8 Å². The maximum atomic E-state index is 12.9. The summed E-state index contributed by atoms with van der Waals surface area (Å²) in [7, 11) is 0. The second-order valence-electron chi connectivity index (χ2n) is 9.05. The van der Waals surface area contributed by atoms with Crippen molar-refractivity contribution < 1.29 is 23.9 Å². The van der Waals surface area contributed by atoms with E-state index in [-0.39, 0.29) is 11.8 Å². The van der Waals surface area contributed by atoms with E-state index in [1.165, 1.54) is 6.92 Å². The minimum Gasteiger partial charge on any atom is -0.481 e. The Labute approximate surface area is 201 Å². The summed E-state index contributed by atoms with van der Waals surface area (Å²) < 4.78 is 11.1. The fourth-order valence-electron chi connectivity index (χ4n) is 4.13. The highest BCUT2D eigenvalue weighted by atomic mass is 16.5. The monoisotopic (exact) mass is 466 g/mol. The number of ether oxygens (including phenoxy) is 2. The molecule has 1 N–H and O–H groups in total. The number of nitrogens with zero attached hydrogens (tertiary/aromatic N) is 1. The lowest BCUT2D eigenvalue weighted by atomic mass is 9.96. The number of carbonyl (C=O) groups excluding carboxylic acids is 3. The van der Waals surface area contributed by atoms with Crippen LogP contribution in [0, 0.1) is 5.92 Å². The van der Waals surface area contributed by atoms with Crippen LogP contribution in [-0.2, 0) is 9.59 Å². The molecular formula is C27H34N2O5. The van der Waals surface area contributed by atoms with Gasteiger partial charge in [0, 0.05) is 32.1 Å². The van der Waals surface area contributed by atoms with Crippen LogP contribution in [-0.4, -0.2) is 48.4 Å². The highest BCUT2D eigenvalue weighted by Crippen LogP contribution is 2.27. The van der Waals surface area contributed by atoms with Crippen molar-refractivity contribution in [3.05, 3.63) is 59.7 Å². The topological polar surface area (TPSA) is 84.9 Å². The Bertz CT molecular complexity index is 1010. The van der Waals surface area contributed by atoms with Crippen molar-refractivity contribution in [2.75, 3.05) is 19.6 Å². The Morgan fingerprint density at radius 3 is 2.41 bits per heavy atom. The molecule has 182 valence electrons. The molecule has 0 saturated carbocycles. The van der Waals surface area contributed by atoms with Crippen LogP contribution in [0.2, 0.25) is 0 Å². The average Bonchev–Trinajstić information content (AvgIpc) is 2.82. The van der Waals surface area contributed by atoms with Crippen LogP contribution in [0.15, 0.2) is 48.5 Å². The number of para-hydroxylation sites is 1. The molecule has 1 atom stereocenters. The fourth-order valence-corrected chi connectivity index (χ4v) is 4.13. The van der Waals surface area contributed by atoms with Crippen LogP contribution >= 0.6 is 0 Å². The van der Waals surface area contributed by atoms with Crippen LogP contribution in [0.25, 0.3) is 0 Å². The molecule has 1 fully saturated rings. The fraction of sp³-hybridized carbons (Fsp3) is 0.444. The van der Waals surface area contributed by atoms with Gasteiger partial charge in [-0.2, -0.15) is 0 Å². The first kappa shape index (κ1) is 25.3. The van der Waals surface area contributed by atoms with Gasteiger partial charge in [0.15, 0.2) is 6.10 Å². The number of carbonyl (C=O) groups is 3. The number of hydrogen-bond donors (Lipinski definition) is 1. The number of hydrogen-bond acceptors (Lipinski definition) is 5. The third-order valence-corrected chi connectivity index (χ3v) is 6.03. The summed E-state index contributed by atoms with van der Waals surface area (Å²) in [6.07, 6.45) is 1.07. The Kier molecular flexibility index (Phi) is 8.68. The Hall–Kier alpha value is -3.35. The minimum absolute atomic E-state index is 0.0108. The summed E-state index contributed by atoms with van der Waals surface area (Å²) in [5, 5.41) is 2.96. The van der Waals surface area contributed by atoms with E-state index in [1.807, 2.05) is 29.2 Å². The molecule has 1 aliphatic rings. The second kappa shape index (κ2) is 11.7. The highest BCUT2D eigenvalue weighted by molar-refractivity contribution is 5.94. The minimum atomic E-state index is -0.555. The van der Waals surface area contributed by atoms with Crippen LogP contribution in [0.1, 0.15) is 62.4 Å². The van der Waals surface area contributed by atoms with Gasteiger partial charge in [-0.05, 0) is 61.4 Å².